The average Bonchev–Trinajstić information content (AvgIpc) is 3.29. The molecule has 0 saturated heterocycles. The Morgan fingerprint density at radius 2 is 1.93 bits per heavy atom. The van der Waals surface area contributed by atoms with Crippen molar-refractivity contribution in [3.63, 3.8) is 0 Å². The van der Waals surface area contributed by atoms with Crippen molar-refractivity contribution in [1.29, 1.82) is 0 Å². The quantitative estimate of drug-likeness (QED) is 0.342. The molecule has 2 N–H and O–H groups in total. The van der Waals surface area contributed by atoms with Gasteiger partial charge in [-0.15, -0.1) is 0 Å². The van der Waals surface area contributed by atoms with Crippen molar-refractivity contribution < 1.29 is 4.92 Å². The van der Waals surface area contributed by atoms with Crippen LogP contribution < -0.4 is 5.32 Å². The van der Waals surface area contributed by atoms with Crippen molar-refractivity contribution in [2.24, 2.45) is 0 Å². The number of H-pyrrole nitrogens is 1. The summed E-state index contributed by atoms with van der Waals surface area (Å²) >= 11 is 6.42. The van der Waals surface area contributed by atoms with Gasteiger partial charge in [0.1, 0.15) is 17.8 Å². The highest BCUT2D eigenvalue weighted by Gasteiger charge is 2.18. The molecule has 0 amide bonds. The van der Waals surface area contributed by atoms with Crippen molar-refractivity contribution in [3.8, 4) is 22.6 Å². The van der Waals surface area contributed by atoms with Crippen LogP contribution in [0.25, 0.3) is 22.6 Å². The number of hydrogen-bond acceptors (Lipinski definition) is 7. The summed E-state index contributed by atoms with van der Waals surface area (Å²) in [5, 5.41) is 14.5. The Morgan fingerprint density at radius 1 is 1.10 bits per heavy atom. The van der Waals surface area contributed by atoms with Gasteiger partial charge in [0.05, 0.1) is 22.2 Å². The van der Waals surface area contributed by atoms with E-state index in [2.05, 4.69) is 25.3 Å². The van der Waals surface area contributed by atoms with Crippen molar-refractivity contribution in [3.05, 3.63) is 82.1 Å². The van der Waals surface area contributed by atoms with Gasteiger partial charge in [-0.3, -0.25) is 10.1 Å². The Hall–Kier alpha value is -3.85. The van der Waals surface area contributed by atoms with Crippen molar-refractivity contribution in [2.75, 3.05) is 5.32 Å². The van der Waals surface area contributed by atoms with Gasteiger partial charge < -0.3 is 10.3 Å². The molecule has 0 spiro atoms. The highest BCUT2D eigenvalue weighted by atomic mass is 35.5. The minimum absolute atomic E-state index is 0.0757. The van der Waals surface area contributed by atoms with Crippen LogP contribution in [0.15, 0.2) is 61.2 Å². The molecule has 30 heavy (non-hydrogen) atoms. The van der Waals surface area contributed by atoms with Crippen LogP contribution in [-0.2, 0) is 0 Å². The fourth-order valence-electron chi connectivity index (χ4n) is 2.91. The summed E-state index contributed by atoms with van der Waals surface area (Å²) in [6.45, 7) is 1.88. The molecule has 1 unspecified atom stereocenters. The van der Waals surface area contributed by atoms with E-state index in [1.54, 1.807) is 30.7 Å². The number of halogens is 1. The lowest BCUT2D eigenvalue weighted by Crippen LogP contribution is -2.12. The third kappa shape index (κ3) is 3.96. The van der Waals surface area contributed by atoms with Gasteiger partial charge in [-0.25, -0.2) is 19.9 Å². The fraction of sp³-hybridized carbons (Fsp3) is 0.100. The largest absolute Gasteiger partial charge is 0.360 e. The molecule has 0 aliphatic carbocycles. The molecule has 9 nitrogen and oxygen atoms in total. The number of imidazole rings is 1. The van der Waals surface area contributed by atoms with E-state index in [4.69, 9.17) is 16.6 Å². The maximum absolute atomic E-state index is 10.8. The van der Waals surface area contributed by atoms with Crippen LogP contribution in [0.2, 0.25) is 5.02 Å². The van der Waals surface area contributed by atoms with Crippen molar-refractivity contribution in [1.82, 2.24) is 24.9 Å². The van der Waals surface area contributed by atoms with Crippen molar-refractivity contribution >= 4 is 23.1 Å². The van der Waals surface area contributed by atoms with E-state index in [0.29, 0.717) is 28.2 Å². The summed E-state index contributed by atoms with van der Waals surface area (Å²) in [4.78, 5) is 31.0. The van der Waals surface area contributed by atoms with Gasteiger partial charge in [0.15, 0.2) is 5.82 Å². The third-order valence-corrected chi connectivity index (χ3v) is 4.73. The Morgan fingerprint density at radius 3 is 2.60 bits per heavy atom. The van der Waals surface area contributed by atoms with Gasteiger partial charge in [-0.2, -0.15) is 0 Å². The van der Waals surface area contributed by atoms with E-state index in [1.165, 1.54) is 12.3 Å². The molecule has 0 saturated carbocycles. The molecule has 0 fully saturated rings. The molecule has 10 heteroatoms. The van der Waals surface area contributed by atoms with Gasteiger partial charge in [-0.05, 0) is 19.1 Å². The number of nitrogens with zero attached hydrogens (tertiary/aromatic N) is 5. The van der Waals surface area contributed by atoms with E-state index < -0.39 is 4.92 Å². The molecule has 4 aromatic rings. The van der Waals surface area contributed by atoms with Crippen LogP contribution in [0.3, 0.4) is 0 Å². The second-order valence-corrected chi connectivity index (χ2v) is 6.84. The lowest BCUT2D eigenvalue weighted by atomic mass is 10.1. The summed E-state index contributed by atoms with van der Waals surface area (Å²) < 4.78 is 0. The first kappa shape index (κ1) is 19.5. The number of nitrogens with one attached hydrogen (secondary N) is 2. The molecule has 1 aromatic carbocycles. The zero-order valence-electron chi connectivity index (χ0n) is 15.8. The van der Waals surface area contributed by atoms with Crippen LogP contribution in [0, 0.1) is 10.1 Å². The van der Waals surface area contributed by atoms with E-state index in [0.717, 1.165) is 11.1 Å². The first-order valence-corrected chi connectivity index (χ1v) is 9.39. The molecular formula is C20H16ClN7O2. The van der Waals surface area contributed by atoms with E-state index in [9.17, 15) is 10.1 Å². The van der Waals surface area contributed by atoms with Crippen LogP contribution in [0.4, 0.5) is 11.5 Å². The Kier molecular flexibility index (Phi) is 5.36. The maximum atomic E-state index is 10.8. The standard InChI is InChI=1S/C20H16ClN7O2/c1-12(26-17-7-6-13(10-24-17)28(29)30)19-25-11-15(20-22-8-9-23-20)18(27-19)14-4-2-3-5-16(14)21/h2-12H,1H3,(H,22,23)(H,24,26). The van der Waals surface area contributed by atoms with E-state index >= 15 is 0 Å². The lowest BCUT2D eigenvalue weighted by Gasteiger charge is -2.16. The topological polar surface area (TPSA) is 123 Å². The highest BCUT2D eigenvalue weighted by molar-refractivity contribution is 6.33. The fourth-order valence-corrected chi connectivity index (χ4v) is 3.14. The number of anilines is 1. The van der Waals surface area contributed by atoms with Crippen LogP contribution >= 0.6 is 11.6 Å². The van der Waals surface area contributed by atoms with Crippen LogP contribution in [0.5, 0.6) is 0 Å². The summed E-state index contributed by atoms with van der Waals surface area (Å²) in [5.74, 6) is 1.63. The summed E-state index contributed by atoms with van der Waals surface area (Å²) in [5.41, 5.74) is 2.05. The third-order valence-electron chi connectivity index (χ3n) is 4.40. The first-order valence-electron chi connectivity index (χ1n) is 9.01. The monoisotopic (exact) mass is 421 g/mol. The second-order valence-electron chi connectivity index (χ2n) is 6.43. The number of aromatic nitrogens is 5. The number of pyridine rings is 1. The minimum Gasteiger partial charge on any atom is -0.360 e. The molecule has 3 aromatic heterocycles. The Balaban J connectivity index is 1.69. The zero-order chi connectivity index (χ0) is 21.1. The van der Waals surface area contributed by atoms with Gasteiger partial charge in [0, 0.05) is 35.2 Å². The predicted octanol–water partition coefficient (Wildman–Crippen LogP) is 4.66. The number of nitro groups is 1. The first-order chi connectivity index (χ1) is 14.5. The van der Waals surface area contributed by atoms with Gasteiger partial charge in [0.25, 0.3) is 5.69 Å². The Labute approximate surface area is 176 Å². The number of benzene rings is 1. The number of hydrogen-bond donors (Lipinski definition) is 2. The smallest absolute Gasteiger partial charge is 0.287 e. The molecular weight excluding hydrogens is 406 g/mol. The van der Waals surface area contributed by atoms with Crippen LogP contribution in [0.1, 0.15) is 18.8 Å². The second kappa shape index (κ2) is 8.26. The Bertz CT molecular complexity index is 1180. The average molecular weight is 422 g/mol. The normalized spacial score (nSPS) is 11.8. The molecule has 0 radical (unpaired) electrons. The predicted molar refractivity (Wildman–Crippen MR) is 113 cm³/mol. The molecule has 4 rings (SSSR count). The lowest BCUT2D eigenvalue weighted by molar-refractivity contribution is -0.385. The SMILES string of the molecule is CC(Nc1ccc([N+](=O)[O-])cn1)c1ncc(-c2ncc[nH]2)c(-c2ccccc2Cl)n1. The van der Waals surface area contributed by atoms with Crippen molar-refractivity contribution in [2.45, 2.75) is 13.0 Å². The summed E-state index contributed by atoms with van der Waals surface area (Å²) in [7, 11) is 0. The maximum Gasteiger partial charge on any atom is 0.287 e. The molecule has 0 aliphatic heterocycles. The number of aromatic amines is 1. The zero-order valence-corrected chi connectivity index (χ0v) is 16.5. The minimum atomic E-state index is -0.493. The van der Waals surface area contributed by atoms with Crippen LogP contribution in [-0.4, -0.2) is 29.8 Å². The van der Waals surface area contributed by atoms with Gasteiger partial charge in [0.2, 0.25) is 0 Å². The molecule has 150 valence electrons. The summed E-state index contributed by atoms with van der Waals surface area (Å²) in [6.07, 6.45) is 6.28. The van der Waals surface area contributed by atoms with Gasteiger partial charge >= 0.3 is 0 Å². The molecule has 0 aliphatic rings. The van der Waals surface area contributed by atoms with E-state index in [1.807, 2.05) is 25.1 Å². The highest BCUT2D eigenvalue weighted by Crippen LogP contribution is 2.33. The molecule has 3 heterocycles. The molecule has 1 atom stereocenters. The van der Waals surface area contributed by atoms with E-state index in [-0.39, 0.29) is 11.7 Å². The summed E-state index contributed by atoms with van der Waals surface area (Å²) in [6, 6.07) is 10.0. The molecule has 0 bridgehead atoms. The van der Waals surface area contributed by atoms with Gasteiger partial charge in [-0.1, -0.05) is 29.8 Å². The number of rotatable bonds is 6.